The maximum absolute atomic E-state index is 12.5. The van der Waals surface area contributed by atoms with E-state index in [1.54, 1.807) is 18.2 Å². The smallest absolute Gasteiger partial charge is 0.253 e. The Morgan fingerprint density at radius 2 is 1.71 bits per heavy atom. The molecule has 9 nitrogen and oxygen atoms in total. The molecule has 1 fully saturated rings. The Morgan fingerprint density at radius 3 is 2.43 bits per heavy atom. The zero-order chi connectivity index (χ0) is 19.5. The number of hydrogen-bond acceptors (Lipinski definition) is 6. The van der Waals surface area contributed by atoms with Crippen molar-refractivity contribution in [2.75, 3.05) is 31.1 Å². The lowest BCUT2D eigenvalue weighted by molar-refractivity contribution is -0.132. The number of aryl methyl sites for hydroxylation is 1. The van der Waals surface area contributed by atoms with Gasteiger partial charge in [-0.2, -0.15) is 0 Å². The number of piperazine rings is 1. The molecule has 0 aliphatic carbocycles. The van der Waals surface area contributed by atoms with Crippen molar-refractivity contribution < 1.29 is 4.79 Å². The fourth-order valence-corrected chi connectivity index (χ4v) is 3.20. The zero-order valence-electron chi connectivity index (χ0n) is 15.6. The van der Waals surface area contributed by atoms with E-state index in [2.05, 4.69) is 19.9 Å². The summed E-state index contributed by atoms with van der Waals surface area (Å²) in [6, 6.07) is 7.26. The van der Waals surface area contributed by atoms with E-state index >= 15 is 0 Å². The fourth-order valence-electron chi connectivity index (χ4n) is 3.20. The van der Waals surface area contributed by atoms with Crippen LogP contribution in [0.15, 0.2) is 54.1 Å². The molecule has 1 aliphatic heterocycles. The molecule has 1 aliphatic rings. The first-order valence-corrected chi connectivity index (χ1v) is 9.11. The van der Waals surface area contributed by atoms with Gasteiger partial charge in [0.05, 0.1) is 6.33 Å². The number of carbonyl (C=O) groups excluding carboxylic acids is 1. The number of hydrogen-bond donors (Lipinski definition) is 0. The van der Waals surface area contributed by atoms with Gasteiger partial charge in [0, 0.05) is 56.4 Å². The molecule has 4 heterocycles. The van der Waals surface area contributed by atoms with Gasteiger partial charge in [0.2, 0.25) is 5.91 Å². The zero-order valence-corrected chi connectivity index (χ0v) is 15.6. The molecular weight excluding hydrogens is 358 g/mol. The first kappa shape index (κ1) is 17.9. The van der Waals surface area contributed by atoms with Crippen LogP contribution in [0.5, 0.6) is 0 Å². The average molecular weight is 379 g/mol. The van der Waals surface area contributed by atoms with Gasteiger partial charge in [-0.15, -0.1) is 0 Å². The molecule has 0 bridgehead atoms. The van der Waals surface area contributed by atoms with Crippen molar-refractivity contribution in [1.29, 1.82) is 0 Å². The van der Waals surface area contributed by atoms with Crippen LogP contribution in [-0.2, 0) is 11.3 Å². The average Bonchev–Trinajstić information content (AvgIpc) is 3.25. The van der Waals surface area contributed by atoms with E-state index in [4.69, 9.17) is 0 Å². The van der Waals surface area contributed by atoms with Crippen molar-refractivity contribution in [2.45, 2.75) is 13.5 Å². The standard InChI is InChI=1S/C19H21N7O2/c1-15-10-18(27)26(14-22-15)12-19(28)25-8-6-24(7-9-25)17-11-16(20-13-21-17)23-4-2-3-5-23/h2-5,10-11,13-14H,6-9,12H2,1H3. The van der Waals surface area contributed by atoms with Gasteiger partial charge in [0.25, 0.3) is 5.56 Å². The van der Waals surface area contributed by atoms with Crippen molar-refractivity contribution in [3.05, 3.63) is 65.4 Å². The molecule has 0 radical (unpaired) electrons. The number of carbonyl (C=O) groups is 1. The van der Waals surface area contributed by atoms with Crippen LogP contribution in [0.25, 0.3) is 5.82 Å². The first-order chi connectivity index (χ1) is 13.6. The molecule has 4 rings (SSSR count). The van der Waals surface area contributed by atoms with E-state index in [1.807, 2.05) is 35.2 Å². The highest BCUT2D eigenvalue weighted by Crippen LogP contribution is 2.16. The summed E-state index contributed by atoms with van der Waals surface area (Å²) in [6.07, 6.45) is 6.85. The van der Waals surface area contributed by atoms with Crippen molar-refractivity contribution in [1.82, 2.24) is 29.0 Å². The fraction of sp³-hybridized carbons (Fsp3) is 0.316. The van der Waals surface area contributed by atoms with Crippen molar-refractivity contribution in [2.24, 2.45) is 0 Å². The highest BCUT2D eigenvalue weighted by Gasteiger charge is 2.22. The van der Waals surface area contributed by atoms with Gasteiger partial charge in [0.15, 0.2) is 0 Å². The lowest BCUT2D eigenvalue weighted by Gasteiger charge is -2.35. The highest BCUT2D eigenvalue weighted by atomic mass is 16.2. The number of nitrogens with zero attached hydrogens (tertiary/aromatic N) is 7. The Bertz CT molecular complexity index is 1020. The predicted octanol–water partition coefficient (Wildman–Crippen LogP) is 0.481. The minimum absolute atomic E-state index is 0.0113. The van der Waals surface area contributed by atoms with Gasteiger partial charge in [-0.25, -0.2) is 15.0 Å². The number of amides is 1. The highest BCUT2D eigenvalue weighted by molar-refractivity contribution is 5.76. The molecule has 0 unspecified atom stereocenters. The molecule has 3 aromatic heterocycles. The first-order valence-electron chi connectivity index (χ1n) is 9.11. The summed E-state index contributed by atoms with van der Waals surface area (Å²) < 4.78 is 3.27. The Hall–Kier alpha value is -3.49. The third-order valence-electron chi connectivity index (χ3n) is 4.79. The maximum atomic E-state index is 12.5. The Kier molecular flexibility index (Phi) is 4.88. The van der Waals surface area contributed by atoms with Gasteiger partial charge in [0.1, 0.15) is 24.5 Å². The van der Waals surface area contributed by atoms with Gasteiger partial charge in [-0.05, 0) is 19.1 Å². The molecule has 0 saturated carbocycles. The van der Waals surface area contributed by atoms with Gasteiger partial charge >= 0.3 is 0 Å². The van der Waals surface area contributed by atoms with E-state index < -0.39 is 0 Å². The van der Waals surface area contributed by atoms with Crippen LogP contribution < -0.4 is 10.5 Å². The van der Waals surface area contributed by atoms with Crippen molar-refractivity contribution in [3.8, 4) is 5.82 Å². The van der Waals surface area contributed by atoms with Crippen LogP contribution in [0.1, 0.15) is 5.69 Å². The predicted molar refractivity (Wildman–Crippen MR) is 103 cm³/mol. The monoisotopic (exact) mass is 379 g/mol. The molecule has 0 spiro atoms. The second kappa shape index (κ2) is 7.63. The normalized spacial score (nSPS) is 14.3. The van der Waals surface area contributed by atoms with Crippen LogP contribution in [0.3, 0.4) is 0 Å². The largest absolute Gasteiger partial charge is 0.353 e. The molecule has 9 heteroatoms. The third-order valence-corrected chi connectivity index (χ3v) is 4.79. The molecule has 1 amide bonds. The summed E-state index contributed by atoms with van der Waals surface area (Å²) in [5, 5.41) is 0. The molecule has 0 atom stereocenters. The van der Waals surface area contributed by atoms with Crippen LogP contribution in [0, 0.1) is 6.92 Å². The van der Waals surface area contributed by atoms with E-state index in [-0.39, 0.29) is 18.0 Å². The van der Waals surface area contributed by atoms with E-state index in [9.17, 15) is 9.59 Å². The van der Waals surface area contributed by atoms with E-state index in [0.717, 1.165) is 11.6 Å². The number of anilines is 1. The Labute approximate surface area is 161 Å². The summed E-state index contributed by atoms with van der Waals surface area (Å²) in [7, 11) is 0. The second-order valence-corrected chi connectivity index (χ2v) is 6.69. The van der Waals surface area contributed by atoms with Crippen LogP contribution in [0.2, 0.25) is 0 Å². The van der Waals surface area contributed by atoms with Gasteiger partial charge in [-0.1, -0.05) is 0 Å². The summed E-state index contributed by atoms with van der Waals surface area (Å²) in [4.78, 5) is 41.2. The minimum atomic E-state index is -0.210. The lowest BCUT2D eigenvalue weighted by Crippen LogP contribution is -2.50. The Morgan fingerprint density at radius 1 is 1.00 bits per heavy atom. The minimum Gasteiger partial charge on any atom is -0.353 e. The number of aromatic nitrogens is 5. The Balaban J connectivity index is 1.39. The van der Waals surface area contributed by atoms with Gasteiger partial charge < -0.3 is 14.4 Å². The summed E-state index contributed by atoms with van der Waals surface area (Å²) in [5.41, 5.74) is 0.435. The second-order valence-electron chi connectivity index (χ2n) is 6.69. The topological polar surface area (TPSA) is 89.2 Å². The molecular formula is C19H21N7O2. The van der Waals surface area contributed by atoms with E-state index in [1.165, 1.54) is 17.0 Å². The third kappa shape index (κ3) is 3.78. The number of rotatable bonds is 4. The van der Waals surface area contributed by atoms with Gasteiger partial charge in [-0.3, -0.25) is 14.2 Å². The molecule has 28 heavy (non-hydrogen) atoms. The maximum Gasteiger partial charge on any atom is 0.253 e. The summed E-state index contributed by atoms with van der Waals surface area (Å²) >= 11 is 0. The molecule has 0 N–H and O–H groups in total. The van der Waals surface area contributed by atoms with Crippen LogP contribution in [-0.4, -0.2) is 61.1 Å². The molecule has 3 aromatic rings. The SMILES string of the molecule is Cc1cc(=O)n(CC(=O)N2CCN(c3cc(-n4cccc4)ncn3)CC2)cn1. The molecule has 1 saturated heterocycles. The summed E-state index contributed by atoms with van der Waals surface area (Å²) in [5.74, 6) is 1.56. The van der Waals surface area contributed by atoms with Crippen LogP contribution in [0.4, 0.5) is 5.82 Å². The molecule has 144 valence electrons. The van der Waals surface area contributed by atoms with Crippen molar-refractivity contribution >= 4 is 11.7 Å². The van der Waals surface area contributed by atoms with Crippen LogP contribution >= 0.6 is 0 Å². The molecule has 0 aromatic carbocycles. The lowest BCUT2D eigenvalue weighted by atomic mass is 10.3. The quantitative estimate of drug-likeness (QED) is 0.655. The van der Waals surface area contributed by atoms with E-state index in [0.29, 0.717) is 31.9 Å². The van der Waals surface area contributed by atoms with Crippen molar-refractivity contribution in [3.63, 3.8) is 0 Å². The summed E-state index contributed by atoms with van der Waals surface area (Å²) in [6.45, 7) is 4.27.